The van der Waals surface area contributed by atoms with Gasteiger partial charge in [0.1, 0.15) is 0 Å². The highest BCUT2D eigenvalue weighted by atomic mass is 19.4. The molecule has 4 N–H and O–H groups in total. The van der Waals surface area contributed by atoms with Gasteiger partial charge in [-0.15, -0.1) is 0 Å². The van der Waals surface area contributed by atoms with Crippen LogP contribution in [0.1, 0.15) is 6.92 Å². The summed E-state index contributed by atoms with van der Waals surface area (Å²) in [5.41, 5.74) is 3.86. The second-order valence-electron chi connectivity index (χ2n) is 4.70. The molecule has 0 bridgehead atoms. The fourth-order valence-corrected chi connectivity index (χ4v) is 1.54. The second-order valence-corrected chi connectivity index (χ2v) is 4.70. The number of nitrogens with one attached hydrogen (secondary N) is 2. The minimum absolute atomic E-state index is 0.226. The first-order valence-corrected chi connectivity index (χ1v) is 5.97. The fourth-order valence-electron chi connectivity index (χ4n) is 1.54. The molecule has 8 heteroatoms. The number of hydrogen-bond acceptors (Lipinski definition) is 3. The number of aromatic amines is 1. The molecule has 2 aromatic rings. The minimum atomic E-state index is -4.83. The van der Waals surface area contributed by atoms with E-state index in [0.29, 0.717) is 6.92 Å². The Kier molecular flexibility index (Phi) is 3.73. The number of rotatable bonds is 3. The number of imidazole rings is 1. The molecule has 21 heavy (non-hydrogen) atoms. The molecule has 0 saturated heterocycles. The molecule has 1 unspecified atom stereocenters. The summed E-state index contributed by atoms with van der Waals surface area (Å²) in [5, 5.41) is 2.15. The number of carbonyl (C=O) groups excluding carboxylic acids is 1. The number of carbonyl (C=O) groups is 1. The molecule has 112 valence electrons. The lowest BCUT2D eigenvalue weighted by atomic mass is 10.0. The van der Waals surface area contributed by atoms with Gasteiger partial charge in [-0.2, -0.15) is 13.2 Å². The topological polar surface area (TPSA) is 83.8 Å². The maximum absolute atomic E-state index is 12.6. The van der Waals surface area contributed by atoms with E-state index in [-0.39, 0.29) is 5.69 Å². The molecule has 1 aromatic carbocycles. The van der Waals surface area contributed by atoms with E-state index in [1.807, 2.05) is 0 Å². The molecule has 1 heterocycles. The molecule has 0 saturated carbocycles. The molecule has 0 radical (unpaired) electrons. The van der Waals surface area contributed by atoms with E-state index in [4.69, 9.17) is 5.73 Å². The van der Waals surface area contributed by atoms with Crippen LogP contribution in [-0.4, -0.2) is 27.6 Å². The van der Waals surface area contributed by atoms with Gasteiger partial charge in [-0.1, -0.05) is 12.1 Å². The summed E-state index contributed by atoms with van der Waals surface area (Å²) in [5.74, 6) is -1.32. The number of hydrogen-bond donors (Lipinski definition) is 3. The van der Waals surface area contributed by atoms with Gasteiger partial charge in [-0.25, -0.2) is 4.98 Å². The molecule has 2 rings (SSSR count). The van der Waals surface area contributed by atoms with E-state index in [1.54, 1.807) is 18.3 Å². The number of amides is 1. The Balaban J connectivity index is 2.12. The van der Waals surface area contributed by atoms with Crippen molar-refractivity contribution >= 4 is 11.6 Å². The van der Waals surface area contributed by atoms with Gasteiger partial charge < -0.3 is 16.0 Å². The predicted octanol–water partition coefficient (Wildman–Crippen LogP) is 2.29. The van der Waals surface area contributed by atoms with E-state index in [0.717, 1.165) is 11.3 Å². The number of nitrogens with zero attached hydrogens (tertiary/aromatic N) is 1. The number of benzene rings is 1. The lowest BCUT2D eigenvalue weighted by Gasteiger charge is -2.26. The van der Waals surface area contributed by atoms with Gasteiger partial charge in [0.05, 0.1) is 18.2 Å². The zero-order valence-corrected chi connectivity index (χ0v) is 11.0. The van der Waals surface area contributed by atoms with Crippen LogP contribution in [-0.2, 0) is 4.79 Å². The lowest BCUT2D eigenvalue weighted by molar-refractivity contribution is -0.184. The van der Waals surface area contributed by atoms with Crippen molar-refractivity contribution in [3.8, 4) is 11.3 Å². The average Bonchev–Trinajstić information content (AvgIpc) is 2.92. The highest BCUT2D eigenvalue weighted by Gasteiger charge is 2.53. The van der Waals surface area contributed by atoms with E-state index in [2.05, 4.69) is 15.3 Å². The van der Waals surface area contributed by atoms with Crippen molar-refractivity contribution in [2.24, 2.45) is 5.73 Å². The normalized spacial score (nSPS) is 14.5. The predicted molar refractivity (Wildman–Crippen MR) is 71.3 cm³/mol. The molecule has 5 nitrogen and oxygen atoms in total. The quantitative estimate of drug-likeness (QED) is 0.813. The fraction of sp³-hybridized carbons (Fsp3) is 0.231. The molecule has 1 amide bonds. The smallest absolute Gasteiger partial charge is 0.345 e. The van der Waals surface area contributed by atoms with Crippen LogP contribution in [0.15, 0.2) is 36.8 Å². The van der Waals surface area contributed by atoms with E-state index in [9.17, 15) is 18.0 Å². The largest absolute Gasteiger partial charge is 0.415 e. The molecule has 0 spiro atoms. The summed E-state index contributed by atoms with van der Waals surface area (Å²) in [6.45, 7) is 0.626. The van der Waals surface area contributed by atoms with Crippen molar-refractivity contribution in [3.05, 3.63) is 36.8 Å². The number of alkyl halides is 3. The van der Waals surface area contributed by atoms with Crippen LogP contribution >= 0.6 is 0 Å². The molecule has 1 atom stereocenters. The zero-order chi connectivity index (χ0) is 15.7. The summed E-state index contributed by atoms with van der Waals surface area (Å²) in [6.07, 6.45) is -1.71. The molecular formula is C13H13F3N4O. The Morgan fingerprint density at radius 1 is 1.29 bits per heavy atom. The molecule has 0 fully saturated rings. The maximum atomic E-state index is 12.6. The number of nitrogens with two attached hydrogens (primary N) is 1. The van der Waals surface area contributed by atoms with Crippen LogP contribution in [0.25, 0.3) is 11.3 Å². The summed E-state index contributed by atoms with van der Waals surface area (Å²) in [7, 11) is 0. The third-order valence-corrected chi connectivity index (χ3v) is 3.01. The van der Waals surface area contributed by atoms with Crippen LogP contribution in [0.5, 0.6) is 0 Å². The van der Waals surface area contributed by atoms with Gasteiger partial charge >= 0.3 is 6.18 Å². The monoisotopic (exact) mass is 298 g/mol. The summed E-state index contributed by atoms with van der Waals surface area (Å²) < 4.78 is 37.9. The van der Waals surface area contributed by atoms with Gasteiger partial charge in [-0.3, -0.25) is 4.79 Å². The zero-order valence-electron chi connectivity index (χ0n) is 11.0. The van der Waals surface area contributed by atoms with Crippen molar-refractivity contribution in [2.45, 2.75) is 18.6 Å². The van der Waals surface area contributed by atoms with Crippen LogP contribution in [0.4, 0.5) is 18.9 Å². The Labute approximate surface area is 118 Å². The van der Waals surface area contributed by atoms with Crippen molar-refractivity contribution in [3.63, 3.8) is 0 Å². The van der Waals surface area contributed by atoms with Crippen molar-refractivity contribution in [2.75, 3.05) is 5.32 Å². The van der Waals surface area contributed by atoms with Gasteiger partial charge in [0.25, 0.3) is 5.91 Å². The van der Waals surface area contributed by atoms with Crippen molar-refractivity contribution < 1.29 is 18.0 Å². The molecule has 1 aromatic heterocycles. The van der Waals surface area contributed by atoms with Crippen molar-refractivity contribution in [1.82, 2.24) is 9.97 Å². The van der Waals surface area contributed by atoms with E-state index < -0.39 is 17.6 Å². The highest BCUT2D eigenvalue weighted by Crippen LogP contribution is 2.29. The second kappa shape index (κ2) is 5.21. The first kappa shape index (κ1) is 15.0. The Bertz CT molecular complexity index is 618. The number of halogens is 3. The van der Waals surface area contributed by atoms with Crippen LogP contribution in [0.3, 0.4) is 0 Å². The SMILES string of the molecule is CC(N)(C(=O)Nc1ccc(-c2cnc[nH]2)cc1)C(F)(F)F. The molecular weight excluding hydrogens is 285 g/mol. The number of anilines is 1. The third kappa shape index (κ3) is 3.05. The Morgan fingerprint density at radius 2 is 1.90 bits per heavy atom. The Hall–Kier alpha value is -2.35. The van der Waals surface area contributed by atoms with Crippen molar-refractivity contribution in [1.29, 1.82) is 0 Å². The first-order chi connectivity index (χ1) is 9.72. The molecule has 0 aliphatic rings. The van der Waals surface area contributed by atoms with Crippen LogP contribution < -0.4 is 11.1 Å². The first-order valence-electron chi connectivity index (χ1n) is 5.97. The third-order valence-electron chi connectivity index (χ3n) is 3.01. The van der Waals surface area contributed by atoms with Gasteiger partial charge in [-0.05, 0) is 24.6 Å². The molecule has 0 aliphatic carbocycles. The summed E-state index contributed by atoms with van der Waals surface area (Å²) in [4.78, 5) is 18.4. The van der Waals surface area contributed by atoms with E-state index >= 15 is 0 Å². The standard InChI is InChI=1S/C13H13F3N4O/c1-12(17,13(14,15)16)11(21)20-9-4-2-8(3-5-9)10-6-18-7-19-10/h2-7H,17H2,1H3,(H,18,19)(H,20,21). The van der Waals surface area contributed by atoms with E-state index in [1.165, 1.54) is 18.5 Å². The molecule has 0 aliphatic heterocycles. The average molecular weight is 298 g/mol. The number of aromatic nitrogens is 2. The number of H-pyrrole nitrogens is 1. The lowest BCUT2D eigenvalue weighted by Crippen LogP contribution is -2.59. The Morgan fingerprint density at radius 3 is 2.38 bits per heavy atom. The van der Waals surface area contributed by atoms with Crippen LogP contribution in [0, 0.1) is 0 Å². The summed E-state index contributed by atoms with van der Waals surface area (Å²) >= 11 is 0. The van der Waals surface area contributed by atoms with Gasteiger partial charge in [0, 0.05) is 5.69 Å². The van der Waals surface area contributed by atoms with Gasteiger partial charge in [0.15, 0.2) is 5.54 Å². The van der Waals surface area contributed by atoms with Crippen LogP contribution in [0.2, 0.25) is 0 Å². The summed E-state index contributed by atoms with van der Waals surface area (Å²) in [6, 6.07) is 6.26. The highest BCUT2D eigenvalue weighted by molar-refractivity contribution is 5.98. The maximum Gasteiger partial charge on any atom is 0.415 e. The van der Waals surface area contributed by atoms with Gasteiger partial charge in [0.2, 0.25) is 0 Å². The minimum Gasteiger partial charge on any atom is -0.345 e.